The van der Waals surface area contributed by atoms with Gasteiger partial charge in [0.1, 0.15) is 0 Å². The van der Waals surface area contributed by atoms with Crippen molar-refractivity contribution >= 4 is 17.7 Å². The third-order valence-electron chi connectivity index (χ3n) is 3.36. The quantitative estimate of drug-likeness (QED) is 0.456. The van der Waals surface area contributed by atoms with Crippen molar-refractivity contribution in [2.45, 2.75) is 25.3 Å². The molecule has 5 heteroatoms. The summed E-state index contributed by atoms with van der Waals surface area (Å²) in [6.07, 6.45) is 4.05. The van der Waals surface area contributed by atoms with Crippen molar-refractivity contribution in [1.82, 2.24) is 0 Å². The molecule has 0 unspecified atom stereocenters. The molecule has 1 aliphatic rings. The minimum absolute atomic E-state index is 0.134. The first kappa shape index (κ1) is 11.6. The number of nitro benzene ring substituents is 1. The Labute approximate surface area is 99.2 Å². The lowest BCUT2D eigenvalue weighted by Crippen LogP contribution is -2.37. The number of nitro groups is 1. The second kappa shape index (κ2) is 4.53. The van der Waals surface area contributed by atoms with Gasteiger partial charge in [0.15, 0.2) is 6.29 Å². The summed E-state index contributed by atoms with van der Waals surface area (Å²) >= 11 is 0. The normalized spacial score (nSPS) is 15.1. The van der Waals surface area contributed by atoms with Gasteiger partial charge in [0, 0.05) is 24.8 Å². The SMILES string of the molecule is CN(c1ccc([N+](=O)[O-])c(C=O)c1)C1CCC1. The molecule has 0 aliphatic heterocycles. The van der Waals surface area contributed by atoms with E-state index in [0.29, 0.717) is 12.3 Å². The zero-order valence-corrected chi connectivity index (χ0v) is 9.63. The van der Waals surface area contributed by atoms with Crippen LogP contribution in [0.2, 0.25) is 0 Å². The molecule has 1 aliphatic carbocycles. The molecule has 1 saturated carbocycles. The number of benzene rings is 1. The van der Waals surface area contributed by atoms with Crippen LogP contribution in [0.5, 0.6) is 0 Å². The first-order valence-corrected chi connectivity index (χ1v) is 5.60. The van der Waals surface area contributed by atoms with Crippen LogP contribution in [-0.2, 0) is 0 Å². The smallest absolute Gasteiger partial charge is 0.280 e. The molecule has 90 valence electrons. The maximum Gasteiger partial charge on any atom is 0.280 e. The number of carbonyl (C=O) groups is 1. The van der Waals surface area contributed by atoms with Crippen LogP contribution in [0.25, 0.3) is 0 Å². The third kappa shape index (κ3) is 2.13. The molecule has 0 spiro atoms. The molecule has 0 saturated heterocycles. The Balaban J connectivity index is 2.30. The lowest BCUT2D eigenvalue weighted by atomic mass is 9.91. The summed E-state index contributed by atoms with van der Waals surface area (Å²) in [7, 11) is 1.96. The molecule has 0 radical (unpaired) electrons. The number of anilines is 1. The highest BCUT2D eigenvalue weighted by Gasteiger charge is 2.23. The summed E-state index contributed by atoms with van der Waals surface area (Å²) in [5.41, 5.74) is 0.867. The maximum atomic E-state index is 10.8. The zero-order chi connectivity index (χ0) is 12.4. The Hall–Kier alpha value is -1.91. The van der Waals surface area contributed by atoms with E-state index in [1.54, 1.807) is 12.1 Å². The largest absolute Gasteiger partial charge is 0.372 e. The predicted molar refractivity (Wildman–Crippen MR) is 64.5 cm³/mol. The van der Waals surface area contributed by atoms with E-state index in [2.05, 4.69) is 4.90 Å². The highest BCUT2D eigenvalue weighted by molar-refractivity contribution is 5.83. The van der Waals surface area contributed by atoms with Gasteiger partial charge in [-0.25, -0.2) is 0 Å². The van der Waals surface area contributed by atoms with Crippen molar-refractivity contribution < 1.29 is 9.72 Å². The van der Waals surface area contributed by atoms with Crippen molar-refractivity contribution in [3.8, 4) is 0 Å². The zero-order valence-electron chi connectivity index (χ0n) is 9.63. The molecule has 1 fully saturated rings. The molecule has 5 nitrogen and oxygen atoms in total. The first-order chi connectivity index (χ1) is 8.13. The first-order valence-electron chi connectivity index (χ1n) is 5.60. The van der Waals surface area contributed by atoms with Crippen molar-refractivity contribution in [3.63, 3.8) is 0 Å². The predicted octanol–water partition coefficient (Wildman–Crippen LogP) is 2.40. The number of rotatable bonds is 4. The van der Waals surface area contributed by atoms with Crippen molar-refractivity contribution in [2.75, 3.05) is 11.9 Å². The molecule has 0 heterocycles. The van der Waals surface area contributed by atoms with E-state index in [9.17, 15) is 14.9 Å². The van der Waals surface area contributed by atoms with Crippen molar-refractivity contribution in [1.29, 1.82) is 0 Å². The van der Waals surface area contributed by atoms with Crippen LogP contribution in [-0.4, -0.2) is 24.3 Å². The van der Waals surface area contributed by atoms with Gasteiger partial charge in [-0.05, 0) is 31.4 Å². The monoisotopic (exact) mass is 234 g/mol. The molecule has 17 heavy (non-hydrogen) atoms. The molecule has 2 rings (SSSR count). The van der Waals surface area contributed by atoms with Crippen LogP contribution in [0.3, 0.4) is 0 Å². The van der Waals surface area contributed by atoms with Crippen LogP contribution >= 0.6 is 0 Å². The van der Waals surface area contributed by atoms with Gasteiger partial charge >= 0.3 is 0 Å². The van der Waals surface area contributed by atoms with Gasteiger partial charge in [0.2, 0.25) is 0 Å². The van der Waals surface area contributed by atoms with E-state index in [-0.39, 0.29) is 11.3 Å². The molecular formula is C12H14N2O3. The van der Waals surface area contributed by atoms with Gasteiger partial charge in [-0.15, -0.1) is 0 Å². The lowest BCUT2D eigenvalue weighted by molar-refractivity contribution is -0.385. The third-order valence-corrected chi connectivity index (χ3v) is 3.36. The van der Waals surface area contributed by atoms with Gasteiger partial charge in [-0.3, -0.25) is 14.9 Å². The van der Waals surface area contributed by atoms with Gasteiger partial charge in [-0.1, -0.05) is 0 Å². The Morgan fingerprint density at radius 1 is 1.47 bits per heavy atom. The van der Waals surface area contributed by atoms with Gasteiger partial charge in [0.05, 0.1) is 10.5 Å². The second-order valence-corrected chi connectivity index (χ2v) is 4.31. The highest BCUT2D eigenvalue weighted by Crippen LogP contribution is 2.30. The van der Waals surface area contributed by atoms with E-state index < -0.39 is 4.92 Å². The van der Waals surface area contributed by atoms with Crippen LogP contribution in [0, 0.1) is 10.1 Å². The van der Waals surface area contributed by atoms with Crippen molar-refractivity contribution in [3.05, 3.63) is 33.9 Å². The van der Waals surface area contributed by atoms with Crippen LogP contribution in [0.1, 0.15) is 29.6 Å². The van der Waals surface area contributed by atoms with E-state index in [4.69, 9.17) is 0 Å². The molecule has 0 amide bonds. The van der Waals surface area contributed by atoms with Gasteiger partial charge in [0.25, 0.3) is 5.69 Å². The molecular weight excluding hydrogens is 220 g/mol. The number of hydrogen-bond acceptors (Lipinski definition) is 4. The van der Waals surface area contributed by atoms with E-state index in [0.717, 1.165) is 18.5 Å². The maximum absolute atomic E-state index is 10.8. The average molecular weight is 234 g/mol. The number of aldehydes is 1. The molecule has 0 bridgehead atoms. The fraction of sp³-hybridized carbons (Fsp3) is 0.417. The minimum atomic E-state index is -0.531. The summed E-state index contributed by atoms with van der Waals surface area (Å²) in [6.45, 7) is 0. The van der Waals surface area contributed by atoms with Gasteiger partial charge in [-0.2, -0.15) is 0 Å². The Morgan fingerprint density at radius 3 is 2.65 bits per heavy atom. The fourth-order valence-electron chi connectivity index (χ4n) is 2.01. The van der Waals surface area contributed by atoms with E-state index in [1.165, 1.54) is 12.5 Å². The minimum Gasteiger partial charge on any atom is -0.372 e. The summed E-state index contributed by atoms with van der Waals surface area (Å²) in [6, 6.07) is 5.18. The van der Waals surface area contributed by atoms with E-state index >= 15 is 0 Å². The number of hydrogen-bond donors (Lipinski definition) is 0. The number of carbonyl (C=O) groups excluding carboxylic acids is 1. The fourth-order valence-corrected chi connectivity index (χ4v) is 2.01. The Morgan fingerprint density at radius 2 is 2.18 bits per heavy atom. The van der Waals surface area contributed by atoms with Crippen LogP contribution in [0.15, 0.2) is 18.2 Å². The molecule has 0 N–H and O–H groups in total. The number of nitrogens with zero attached hydrogens (tertiary/aromatic N) is 2. The lowest BCUT2D eigenvalue weighted by Gasteiger charge is -2.36. The molecule has 0 aromatic heterocycles. The summed E-state index contributed by atoms with van der Waals surface area (Å²) < 4.78 is 0. The van der Waals surface area contributed by atoms with Crippen molar-refractivity contribution in [2.24, 2.45) is 0 Å². The molecule has 1 aromatic carbocycles. The summed E-state index contributed by atoms with van der Waals surface area (Å²) in [4.78, 5) is 23.1. The standard InChI is InChI=1S/C12H14N2O3/c1-13(10-3-2-4-10)11-5-6-12(14(16)17)9(7-11)8-15/h5-8,10H,2-4H2,1H3. The van der Waals surface area contributed by atoms with Crippen LogP contribution < -0.4 is 4.90 Å². The topological polar surface area (TPSA) is 63.4 Å². The Kier molecular flexibility index (Phi) is 3.08. The summed E-state index contributed by atoms with van der Waals surface area (Å²) in [5.74, 6) is 0. The van der Waals surface area contributed by atoms with E-state index in [1.807, 2.05) is 7.05 Å². The average Bonchev–Trinajstić information content (AvgIpc) is 2.25. The summed E-state index contributed by atoms with van der Waals surface area (Å²) in [5, 5.41) is 10.7. The van der Waals surface area contributed by atoms with Crippen LogP contribution in [0.4, 0.5) is 11.4 Å². The molecule has 1 aromatic rings. The molecule has 0 atom stereocenters. The second-order valence-electron chi connectivity index (χ2n) is 4.31. The highest BCUT2D eigenvalue weighted by atomic mass is 16.6. The Bertz CT molecular complexity index is 455. The van der Waals surface area contributed by atoms with Gasteiger partial charge < -0.3 is 4.90 Å².